The molecular weight excluding hydrogens is 478 g/mol. The van der Waals surface area contributed by atoms with Crippen LogP contribution in [-0.2, 0) is 11.3 Å². The van der Waals surface area contributed by atoms with Gasteiger partial charge in [-0.15, -0.1) is 11.3 Å². The van der Waals surface area contributed by atoms with E-state index in [4.69, 9.17) is 4.74 Å². The average Bonchev–Trinajstić information content (AvgIpc) is 3.62. The van der Waals surface area contributed by atoms with E-state index in [1.807, 2.05) is 21.0 Å². The van der Waals surface area contributed by atoms with Crippen LogP contribution in [0.15, 0.2) is 48.4 Å². The number of thiazole rings is 1. The van der Waals surface area contributed by atoms with Crippen LogP contribution in [0.1, 0.15) is 63.9 Å². The molecule has 4 rings (SSSR count). The average molecular weight is 510 g/mol. The van der Waals surface area contributed by atoms with Gasteiger partial charge in [0.05, 0.1) is 18.4 Å². The SMILES string of the molecule is COc1ccc(C(=O)CCC(=O)N2CCC(c3nc(C(=O)NCCCn4ccnc4)cs3)CC2)cc1. The monoisotopic (exact) mass is 509 g/mol. The number of carbonyl (C=O) groups is 3. The highest BCUT2D eigenvalue weighted by Gasteiger charge is 2.26. The van der Waals surface area contributed by atoms with Crippen molar-refractivity contribution in [2.45, 2.75) is 44.6 Å². The number of methoxy groups -OCH3 is 1. The van der Waals surface area contributed by atoms with E-state index in [-0.39, 0.29) is 36.4 Å². The summed E-state index contributed by atoms with van der Waals surface area (Å²) in [6.45, 7) is 2.64. The Morgan fingerprint density at radius 1 is 1.14 bits per heavy atom. The van der Waals surface area contributed by atoms with Gasteiger partial charge >= 0.3 is 0 Å². The maximum absolute atomic E-state index is 12.7. The van der Waals surface area contributed by atoms with Gasteiger partial charge in [-0.1, -0.05) is 0 Å². The summed E-state index contributed by atoms with van der Waals surface area (Å²) >= 11 is 1.50. The molecule has 1 fully saturated rings. The molecule has 10 heteroatoms. The van der Waals surface area contributed by atoms with Crippen molar-refractivity contribution in [2.24, 2.45) is 0 Å². The second kappa shape index (κ2) is 12.4. The predicted octanol–water partition coefficient (Wildman–Crippen LogP) is 3.54. The number of aryl methyl sites for hydroxylation is 1. The van der Waals surface area contributed by atoms with Gasteiger partial charge in [0.1, 0.15) is 11.4 Å². The number of hydrogen-bond acceptors (Lipinski definition) is 7. The first-order valence-electron chi connectivity index (χ1n) is 12.2. The van der Waals surface area contributed by atoms with Crippen molar-refractivity contribution in [3.05, 3.63) is 64.6 Å². The van der Waals surface area contributed by atoms with Gasteiger partial charge in [-0.3, -0.25) is 14.4 Å². The van der Waals surface area contributed by atoms with Crippen molar-refractivity contribution < 1.29 is 19.1 Å². The number of carbonyl (C=O) groups excluding carboxylic acids is 3. The Kier molecular flexibility index (Phi) is 8.83. The Balaban J connectivity index is 1.17. The zero-order valence-electron chi connectivity index (χ0n) is 20.4. The second-order valence-corrected chi connectivity index (χ2v) is 9.68. The van der Waals surface area contributed by atoms with Gasteiger partial charge < -0.3 is 19.5 Å². The largest absolute Gasteiger partial charge is 0.497 e. The highest BCUT2D eigenvalue weighted by Crippen LogP contribution is 2.30. The van der Waals surface area contributed by atoms with E-state index in [1.165, 1.54) is 11.3 Å². The molecular formula is C26H31N5O4S. The minimum atomic E-state index is -0.155. The fourth-order valence-corrected chi connectivity index (χ4v) is 5.20. The molecule has 0 bridgehead atoms. The lowest BCUT2D eigenvalue weighted by molar-refractivity contribution is -0.132. The third kappa shape index (κ3) is 6.78. The van der Waals surface area contributed by atoms with E-state index in [1.54, 1.807) is 43.9 Å². The summed E-state index contributed by atoms with van der Waals surface area (Å²) in [5.41, 5.74) is 1.04. The lowest BCUT2D eigenvalue weighted by atomic mass is 9.97. The number of imidazole rings is 1. The number of aromatic nitrogens is 3. The zero-order chi connectivity index (χ0) is 25.3. The summed E-state index contributed by atoms with van der Waals surface area (Å²) in [5, 5.41) is 5.68. The normalized spacial score (nSPS) is 14.0. The van der Waals surface area contributed by atoms with Crippen LogP contribution in [0, 0.1) is 0 Å². The van der Waals surface area contributed by atoms with Gasteiger partial charge in [0, 0.05) is 68.3 Å². The fraction of sp³-hybridized carbons (Fsp3) is 0.423. The van der Waals surface area contributed by atoms with Crippen LogP contribution in [-0.4, -0.2) is 63.8 Å². The van der Waals surface area contributed by atoms with Crippen LogP contribution in [0.4, 0.5) is 0 Å². The molecule has 190 valence electrons. The van der Waals surface area contributed by atoms with Crippen LogP contribution in [0.2, 0.25) is 0 Å². The number of ether oxygens (including phenoxy) is 1. The van der Waals surface area contributed by atoms with Crippen molar-refractivity contribution in [2.75, 3.05) is 26.7 Å². The van der Waals surface area contributed by atoms with Gasteiger partial charge in [0.15, 0.2) is 5.78 Å². The van der Waals surface area contributed by atoms with Crippen molar-refractivity contribution in [1.29, 1.82) is 0 Å². The van der Waals surface area contributed by atoms with Gasteiger partial charge in [0.2, 0.25) is 5.91 Å². The maximum atomic E-state index is 12.7. The predicted molar refractivity (Wildman–Crippen MR) is 136 cm³/mol. The number of amides is 2. The number of hydrogen-bond donors (Lipinski definition) is 1. The smallest absolute Gasteiger partial charge is 0.270 e. The Morgan fingerprint density at radius 3 is 2.61 bits per heavy atom. The molecule has 2 amide bonds. The van der Waals surface area contributed by atoms with Crippen molar-refractivity contribution in [1.82, 2.24) is 24.8 Å². The van der Waals surface area contributed by atoms with Crippen LogP contribution >= 0.6 is 11.3 Å². The first-order valence-corrected chi connectivity index (χ1v) is 13.1. The minimum absolute atomic E-state index is 0.00482. The molecule has 0 aliphatic carbocycles. The third-order valence-electron chi connectivity index (χ3n) is 6.37. The Hall–Kier alpha value is -3.53. The van der Waals surface area contributed by atoms with E-state index in [0.717, 1.165) is 30.8 Å². The van der Waals surface area contributed by atoms with Gasteiger partial charge in [-0.25, -0.2) is 9.97 Å². The number of likely N-dealkylation sites (tertiary alicyclic amines) is 1. The Morgan fingerprint density at radius 2 is 1.92 bits per heavy atom. The molecule has 1 aromatic carbocycles. The van der Waals surface area contributed by atoms with Gasteiger partial charge in [-0.05, 0) is 43.5 Å². The number of Topliss-reactive ketones (excluding diaryl/α,β-unsaturated/α-hetero) is 1. The molecule has 2 aromatic heterocycles. The maximum Gasteiger partial charge on any atom is 0.270 e. The zero-order valence-corrected chi connectivity index (χ0v) is 21.2. The van der Waals surface area contributed by atoms with Crippen molar-refractivity contribution >= 4 is 28.9 Å². The number of piperidine rings is 1. The standard InChI is InChI=1S/C26H31N5O4S/c1-35-21-5-3-19(4-6-21)23(32)7-8-24(33)31-14-9-20(10-15-31)26-29-22(17-36-26)25(34)28-11-2-13-30-16-12-27-18-30/h3-6,12,16-18,20H,2,7-11,13-15H2,1H3,(H,28,34). The Bertz CT molecular complexity index is 1150. The van der Waals surface area contributed by atoms with Crippen molar-refractivity contribution in [3.63, 3.8) is 0 Å². The molecule has 1 aliphatic heterocycles. The van der Waals surface area contributed by atoms with E-state index >= 15 is 0 Å². The topological polar surface area (TPSA) is 106 Å². The van der Waals surface area contributed by atoms with Crippen LogP contribution < -0.4 is 10.1 Å². The summed E-state index contributed by atoms with van der Waals surface area (Å²) in [5.74, 6) is 0.738. The fourth-order valence-electron chi connectivity index (χ4n) is 4.23. The number of ketones is 1. The quantitative estimate of drug-likeness (QED) is 0.313. The summed E-state index contributed by atoms with van der Waals surface area (Å²) < 4.78 is 7.09. The summed E-state index contributed by atoms with van der Waals surface area (Å²) in [4.78, 5) is 47.9. The molecule has 0 radical (unpaired) electrons. The molecule has 3 heterocycles. The van der Waals surface area contributed by atoms with E-state index < -0.39 is 0 Å². The minimum Gasteiger partial charge on any atom is -0.497 e. The van der Waals surface area contributed by atoms with E-state index in [9.17, 15) is 14.4 Å². The lowest BCUT2D eigenvalue weighted by Crippen LogP contribution is -2.38. The molecule has 0 spiro atoms. The number of rotatable bonds is 11. The molecule has 0 unspecified atom stereocenters. The highest BCUT2D eigenvalue weighted by molar-refractivity contribution is 7.09. The summed E-state index contributed by atoms with van der Waals surface area (Å²) in [6.07, 6.45) is 8.22. The molecule has 1 N–H and O–H groups in total. The number of benzene rings is 1. The van der Waals surface area contributed by atoms with Crippen molar-refractivity contribution in [3.8, 4) is 5.75 Å². The molecule has 0 saturated carbocycles. The summed E-state index contributed by atoms with van der Waals surface area (Å²) in [6, 6.07) is 6.94. The van der Waals surface area contributed by atoms with Crippen LogP contribution in [0.25, 0.3) is 0 Å². The molecule has 36 heavy (non-hydrogen) atoms. The van der Waals surface area contributed by atoms with Crippen LogP contribution in [0.5, 0.6) is 5.75 Å². The molecule has 3 aromatic rings. The van der Waals surface area contributed by atoms with Gasteiger partial charge in [0.25, 0.3) is 5.91 Å². The second-order valence-electron chi connectivity index (χ2n) is 8.79. The molecule has 0 atom stereocenters. The van der Waals surface area contributed by atoms with E-state index in [2.05, 4.69) is 15.3 Å². The Labute approximate surface area is 214 Å². The first-order chi connectivity index (χ1) is 17.5. The number of nitrogens with one attached hydrogen (secondary N) is 1. The molecule has 9 nitrogen and oxygen atoms in total. The third-order valence-corrected chi connectivity index (χ3v) is 7.37. The molecule has 1 saturated heterocycles. The highest BCUT2D eigenvalue weighted by atomic mass is 32.1. The van der Waals surface area contributed by atoms with E-state index in [0.29, 0.717) is 36.6 Å². The first kappa shape index (κ1) is 25.6. The summed E-state index contributed by atoms with van der Waals surface area (Å²) in [7, 11) is 1.58. The lowest BCUT2D eigenvalue weighted by Gasteiger charge is -2.31. The number of nitrogens with zero attached hydrogens (tertiary/aromatic N) is 4. The molecule has 1 aliphatic rings. The van der Waals surface area contributed by atoms with Crippen LogP contribution in [0.3, 0.4) is 0 Å². The van der Waals surface area contributed by atoms with Gasteiger partial charge in [-0.2, -0.15) is 0 Å².